The number of carbonyl (C=O) groups is 1. The van der Waals surface area contributed by atoms with E-state index in [2.05, 4.69) is 33.1 Å². The van der Waals surface area contributed by atoms with Crippen LogP contribution in [0.25, 0.3) is 0 Å². The van der Waals surface area contributed by atoms with Crippen LogP contribution in [0.15, 0.2) is 47.6 Å². The van der Waals surface area contributed by atoms with E-state index in [0.717, 1.165) is 26.0 Å². The molecule has 5 heteroatoms. The van der Waals surface area contributed by atoms with Gasteiger partial charge in [-0.05, 0) is 59.7 Å². The number of carbonyl (C=O) groups excluding carboxylic acids is 1. The second kappa shape index (κ2) is 7.93. The molecule has 22 heavy (non-hydrogen) atoms. The van der Waals surface area contributed by atoms with E-state index >= 15 is 0 Å². The molecule has 114 valence electrons. The van der Waals surface area contributed by atoms with Gasteiger partial charge in [0.15, 0.2) is 6.61 Å². The lowest BCUT2D eigenvalue weighted by molar-refractivity contribution is -0.123. The maximum absolute atomic E-state index is 11.7. The highest BCUT2D eigenvalue weighted by atomic mass is 127. The highest BCUT2D eigenvalue weighted by Crippen LogP contribution is 2.18. The van der Waals surface area contributed by atoms with Crippen molar-refractivity contribution in [3.05, 3.63) is 62.7 Å². The third kappa shape index (κ3) is 4.84. The Morgan fingerprint density at radius 2 is 2.05 bits per heavy atom. The molecule has 0 bridgehead atoms. The second-order valence-electron chi connectivity index (χ2n) is 4.87. The zero-order valence-corrected chi connectivity index (χ0v) is 14.6. The Morgan fingerprint density at radius 1 is 1.27 bits per heavy atom. The highest BCUT2D eigenvalue weighted by molar-refractivity contribution is 14.1. The molecular formula is C17H17IN2O2. The molecular weight excluding hydrogens is 391 g/mol. The number of benzene rings is 2. The molecule has 0 radical (unpaired) electrons. The summed E-state index contributed by atoms with van der Waals surface area (Å²) in [5.41, 5.74) is 5.52. The van der Waals surface area contributed by atoms with Crippen LogP contribution < -0.4 is 10.2 Å². The van der Waals surface area contributed by atoms with Crippen LogP contribution in [-0.2, 0) is 4.79 Å². The summed E-state index contributed by atoms with van der Waals surface area (Å²) < 4.78 is 6.59. The molecule has 0 aromatic heterocycles. The molecule has 0 heterocycles. The molecule has 0 unspecified atom stereocenters. The first-order valence-electron chi connectivity index (χ1n) is 6.83. The SMILES string of the molecule is Cc1ccc(C)c(OCC(=O)N/N=C/c2ccccc2I)c1. The van der Waals surface area contributed by atoms with Gasteiger partial charge < -0.3 is 4.74 Å². The van der Waals surface area contributed by atoms with Crippen LogP contribution in [0, 0.1) is 17.4 Å². The van der Waals surface area contributed by atoms with Gasteiger partial charge in [-0.25, -0.2) is 5.43 Å². The van der Waals surface area contributed by atoms with Crippen molar-refractivity contribution < 1.29 is 9.53 Å². The third-order valence-corrected chi connectivity index (χ3v) is 3.98. The summed E-state index contributed by atoms with van der Waals surface area (Å²) in [6.45, 7) is 3.87. The van der Waals surface area contributed by atoms with E-state index in [9.17, 15) is 4.79 Å². The van der Waals surface area contributed by atoms with Crippen LogP contribution in [0.3, 0.4) is 0 Å². The Labute approximate surface area is 143 Å². The van der Waals surface area contributed by atoms with Gasteiger partial charge in [0.05, 0.1) is 6.21 Å². The first-order valence-corrected chi connectivity index (χ1v) is 7.90. The molecule has 0 aliphatic carbocycles. The Kier molecular flexibility index (Phi) is 5.94. The molecule has 2 aromatic carbocycles. The number of hydrogen-bond donors (Lipinski definition) is 1. The lowest BCUT2D eigenvalue weighted by Crippen LogP contribution is -2.24. The van der Waals surface area contributed by atoms with E-state index < -0.39 is 0 Å². The predicted octanol–water partition coefficient (Wildman–Crippen LogP) is 3.44. The molecule has 0 spiro atoms. The number of hydrazone groups is 1. The lowest BCUT2D eigenvalue weighted by Gasteiger charge is -2.08. The maximum atomic E-state index is 11.7. The van der Waals surface area contributed by atoms with Crippen LogP contribution >= 0.6 is 22.6 Å². The molecule has 0 atom stereocenters. The van der Waals surface area contributed by atoms with Crippen molar-refractivity contribution in [1.29, 1.82) is 0 Å². The summed E-state index contributed by atoms with van der Waals surface area (Å²) in [6, 6.07) is 13.7. The maximum Gasteiger partial charge on any atom is 0.277 e. The fourth-order valence-corrected chi connectivity index (χ4v) is 2.32. The summed E-state index contributed by atoms with van der Waals surface area (Å²) >= 11 is 2.22. The van der Waals surface area contributed by atoms with Gasteiger partial charge in [0, 0.05) is 9.13 Å². The zero-order valence-electron chi connectivity index (χ0n) is 12.5. The van der Waals surface area contributed by atoms with Crippen molar-refractivity contribution in [2.24, 2.45) is 5.10 Å². The normalized spacial score (nSPS) is 10.7. The van der Waals surface area contributed by atoms with Gasteiger partial charge in [0.2, 0.25) is 0 Å². The highest BCUT2D eigenvalue weighted by Gasteiger charge is 2.04. The van der Waals surface area contributed by atoms with Gasteiger partial charge in [0.1, 0.15) is 5.75 Å². The van der Waals surface area contributed by atoms with Gasteiger partial charge in [-0.1, -0.05) is 30.3 Å². The Morgan fingerprint density at radius 3 is 2.82 bits per heavy atom. The average molecular weight is 408 g/mol. The van der Waals surface area contributed by atoms with Crippen LogP contribution in [0.5, 0.6) is 5.75 Å². The molecule has 0 saturated heterocycles. The van der Waals surface area contributed by atoms with Crippen molar-refractivity contribution in [1.82, 2.24) is 5.43 Å². The van der Waals surface area contributed by atoms with Crippen molar-refractivity contribution in [3.63, 3.8) is 0 Å². The molecule has 0 saturated carbocycles. The van der Waals surface area contributed by atoms with Crippen molar-refractivity contribution >= 4 is 34.7 Å². The average Bonchev–Trinajstić information content (AvgIpc) is 2.50. The monoisotopic (exact) mass is 408 g/mol. The number of amides is 1. The molecule has 2 aromatic rings. The number of rotatable bonds is 5. The van der Waals surface area contributed by atoms with E-state index in [0.29, 0.717) is 0 Å². The minimum atomic E-state index is -0.289. The van der Waals surface area contributed by atoms with E-state index in [4.69, 9.17) is 4.74 Å². The standard InChI is InChI=1S/C17H17IN2O2/c1-12-7-8-13(2)16(9-12)22-11-17(21)20-19-10-14-5-3-4-6-15(14)18/h3-10H,11H2,1-2H3,(H,20,21)/b19-10+. The lowest BCUT2D eigenvalue weighted by atomic mass is 10.1. The van der Waals surface area contributed by atoms with Gasteiger partial charge >= 0.3 is 0 Å². The van der Waals surface area contributed by atoms with Crippen molar-refractivity contribution in [2.45, 2.75) is 13.8 Å². The number of halogens is 1. The Balaban J connectivity index is 1.86. The zero-order chi connectivity index (χ0) is 15.9. The number of hydrogen-bond acceptors (Lipinski definition) is 3. The fourth-order valence-electron chi connectivity index (χ4n) is 1.79. The van der Waals surface area contributed by atoms with E-state index in [1.165, 1.54) is 0 Å². The summed E-state index contributed by atoms with van der Waals surface area (Å²) in [4.78, 5) is 11.7. The summed E-state index contributed by atoms with van der Waals surface area (Å²) in [6.07, 6.45) is 1.62. The second-order valence-corrected chi connectivity index (χ2v) is 6.03. The molecule has 4 nitrogen and oxygen atoms in total. The molecule has 2 rings (SSSR count). The minimum Gasteiger partial charge on any atom is -0.483 e. The van der Waals surface area contributed by atoms with Gasteiger partial charge in [0.25, 0.3) is 5.91 Å². The predicted molar refractivity (Wildman–Crippen MR) is 96.3 cm³/mol. The number of nitrogens with one attached hydrogen (secondary N) is 1. The number of nitrogens with zero attached hydrogens (tertiary/aromatic N) is 1. The van der Waals surface area contributed by atoms with E-state index in [-0.39, 0.29) is 12.5 Å². The smallest absolute Gasteiger partial charge is 0.277 e. The molecule has 1 amide bonds. The first kappa shape index (κ1) is 16.5. The first-order chi connectivity index (χ1) is 10.6. The fraction of sp³-hybridized carbons (Fsp3) is 0.176. The summed E-state index contributed by atoms with van der Waals surface area (Å²) in [7, 11) is 0. The largest absolute Gasteiger partial charge is 0.483 e. The molecule has 0 aliphatic rings. The van der Waals surface area contributed by atoms with Gasteiger partial charge in [-0.2, -0.15) is 5.10 Å². The van der Waals surface area contributed by atoms with Crippen molar-refractivity contribution in [3.8, 4) is 5.75 Å². The molecule has 0 aliphatic heterocycles. The van der Waals surface area contributed by atoms with Crippen molar-refractivity contribution in [2.75, 3.05) is 6.61 Å². The van der Waals surface area contributed by atoms with E-state index in [1.807, 2.05) is 56.3 Å². The summed E-state index contributed by atoms with van der Waals surface area (Å²) in [5, 5.41) is 3.95. The number of aryl methyl sites for hydroxylation is 2. The third-order valence-electron chi connectivity index (χ3n) is 3.00. The number of ether oxygens (including phenoxy) is 1. The Bertz CT molecular complexity index is 699. The summed E-state index contributed by atoms with van der Waals surface area (Å²) in [5.74, 6) is 0.430. The van der Waals surface area contributed by atoms with Crippen LogP contribution in [0.4, 0.5) is 0 Å². The minimum absolute atomic E-state index is 0.0620. The van der Waals surface area contributed by atoms with E-state index in [1.54, 1.807) is 6.21 Å². The Hall–Kier alpha value is -1.89. The van der Waals surface area contributed by atoms with Crippen LogP contribution in [0.2, 0.25) is 0 Å². The molecule has 0 fully saturated rings. The quantitative estimate of drug-likeness (QED) is 0.468. The van der Waals surface area contributed by atoms with Gasteiger partial charge in [-0.3, -0.25) is 4.79 Å². The topological polar surface area (TPSA) is 50.7 Å². The van der Waals surface area contributed by atoms with Crippen LogP contribution in [-0.4, -0.2) is 18.7 Å². The van der Waals surface area contributed by atoms with Crippen LogP contribution in [0.1, 0.15) is 16.7 Å². The van der Waals surface area contributed by atoms with Gasteiger partial charge in [-0.15, -0.1) is 0 Å². The molecule has 1 N–H and O–H groups in total.